The molecule has 18 heavy (non-hydrogen) atoms. The highest BCUT2D eigenvalue weighted by Crippen LogP contribution is 2.27. The van der Waals surface area contributed by atoms with E-state index in [1.807, 2.05) is 0 Å². The number of aromatic nitrogens is 3. The summed E-state index contributed by atoms with van der Waals surface area (Å²) in [5, 5.41) is 10.2. The zero-order valence-electron chi connectivity index (χ0n) is 10.1. The second-order valence-electron chi connectivity index (χ2n) is 3.49. The number of aliphatic hydroxyl groups excluding tert-OH is 1. The van der Waals surface area contributed by atoms with Crippen LogP contribution >= 0.6 is 0 Å². The number of pyridine rings is 1. The molecule has 0 aliphatic carbocycles. The van der Waals surface area contributed by atoms with Gasteiger partial charge in [0.25, 0.3) is 0 Å². The average molecular weight is 247 g/mol. The van der Waals surface area contributed by atoms with E-state index in [-0.39, 0.29) is 5.88 Å². The van der Waals surface area contributed by atoms with Gasteiger partial charge in [-0.05, 0) is 17.7 Å². The molecule has 1 atom stereocenters. The van der Waals surface area contributed by atoms with Crippen molar-refractivity contribution in [2.24, 2.45) is 0 Å². The molecule has 0 bridgehead atoms. The van der Waals surface area contributed by atoms with E-state index >= 15 is 0 Å². The summed E-state index contributed by atoms with van der Waals surface area (Å²) in [6.07, 6.45) is 3.72. The maximum Gasteiger partial charge on any atom is 0.241 e. The van der Waals surface area contributed by atoms with Crippen LogP contribution in [0, 0.1) is 0 Å². The summed E-state index contributed by atoms with van der Waals surface area (Å²) in [4.78, 5) is 12.1. The second-order valence-corrected chi connectivity index (χ2v) is 3.49. The SMILES string of the molecule is COc1cnc(C(O)c2ccncc2)c(OC)n1. The van der Waals surface area contributed by atoms with Gasteiger partial charge >= 0.3 is 0 Å². The van der Waals surface area contributed by atoms with E-state index in [1.165, 1.54) is 20.4 Å². The number of rotatable bonds is 4. The van der Waals surface area contributed by atoms with E-state index in [0.29, 0.717) is 17.1 Å². The van der Waals surface area contributed by atoms with Crippen molar-refractivity contribution < 1.29 is 14.6 Å². The van der Waals surface area contributed by atoms with Crippen molar-refractivity contribution in [2.75, 3.05) is 14.2 Å². The first-order chi connectivity index (χ1) is 8.76. The highest BCUT2D eigenvalue weighted by Gasteiger charge is 2.19. The van der Waals surface area contributed by atoms with E-state index in [1.54, 1.807) is 24.5 Å². The van der Waals surface area contributed by atoms with E-state index in [2.05, 4.69) is 15.0 Å². The molecule has 2 aromatic heterocycles. The molecule has 0 aliphatic rings. The first-order valence-electron chi connectivity index (χ1n) is 5.29. The highest BCUT2D eigenvalue weighted by atomic mass is 16.5. The van der Waals surface area contributed by atoms with Crippen LogP contribution < -0.4 is 9.47 Å². The predicted octanol–water partition coefficient (Wildman–Crippen LogP) is 0.970. The van der Waals surface area contributed by atoms with Crippen LogP contribution in [0.4, 0.5) is 0 Å². The molecule has 0 aromatic carbocycles. The average Bonchev–Trinajstić information content (AvgIpc) is 2.46. The number of hydrogen-bond acceptors (Lipinski definition) is 6. The molecule has 2 aromatic rings. The molecule has 0 saturated heterocycles. The standard InChI is InChI=1S/C12H13N3O3/c1-17-9-7-14-10(12(15-9)18-2)11(16)8-3-5-13-6-4-8/h3-7,11,16H,1-2H3. The third-order valence-corrected chi connectivity index (χ3v) is 2.43. The molecule has 1 unspecified atom stereocenters. The molecule has 2 heterocycles. The van der Waals surface area contributed by atoms with Gasteiger partial charge in [0.15, 0.2) is 0 Å². The Morgan fingerprint density at radius 3 is 2.50 bits per heavy atom. The Morgan fingerprint density at radius 2 is 1.89 bits per heavy atom. The summed E-state index contributed by atoms with van der Waals surface area (Å²) >= 11 is 0. The lowest BCUT2D eigenvalue weighted by molar-refractivity contribution is 0.206. The van der Waals surface area contributed by atoms with Gasteiger partial charge in [-0.25, -0.2) is 4.98 Å². The maximum atomic E-state index is 10.2. The lowest BCUT2D eigenvalue weighted by Crippen LogP contribution is -2.07. The van der Waals surface area contributed by atoms with Crippen LogP contribution in [0.15, 0.2) is 30.7 Å². The van der Waals surface area contributed by atoms with Crippen LogP contribution in [-0.2, 0) is 0 Å². The zero-order valence-corrected chi connectivity index (χ0v) is 10.1. The molecule has 0 amide bonds. The van der Waals surface area contributed by atoms with E-state index in [4.69, 9.17) is 9.47 Å². The minimum Gasteiger partial charge on any atom is -0.480 e. The minimum absolute atomic E-state index is 0.235. The summed E-state index contributed by atoms with van der Waals surface area (Å²) in [6.45, 7) is 0. The number of methoxy groups -OCH3 is 2. The molecule has 94 valence electrons. The summed E-state index contributed by atoms with van der Waals surface area (Å²) < 4.78 is 10.1. The van der Waals surface area contributed by atoms with Crippen LogP contribution in [0.2, 0.25) is 0 Å². The van der Waals surface area contributed by atoms with Crippen molar-refractivity contribution in [2.45, 2.75) is 6.10 Å². The van der Waals surface area contributed by atoms with Crippen molar-refractivity contribution in [3.8, 4) is 11.8 Å². The van der Waals surface area contributed by atoms with Crippen LogP contribution in [0.1, 0.15) is 17.4 Å². The Balaban J connectivity index is 2.38. The smallest absolute Gasteiger partial charge is 0.241 e. The Hall–Kier alpha value is -2.21. The van der Waals surface area contributed by atoms with Gasteiger partial charge in [0.05, 0.1) is 20.4 Å². The largest absolute Gasteiger partial charge is 0.480 e. The first-order valence-corrected chi connectivity index (χ1v) is 5.29. The first kappa shape index (κ1) is 12.3. The van der Waals surface area contributed by atoms with Gasteiger partial charge in [0, 0.05) is 12.4 Å². The zero-order chi connectivity index (χ0) is 13.0. The fourth-order valence-electron chi connectivity index (χ4n) is 1.51. The molecule has 2 rings (SSSR count). The van der Waals surface area contributed by atoms with Crippen LogP contribution in [0.25, 0.3) is 0 Å². The molecule has 0 fully saturated rings. The molecule has 0 radical (unpaired) electrons. The van der Waals surface area contributed by atoms with Gasteiger partial charge in [-0.3, -0.25) is 4.98 Å². The lowest BCUT2D eigenvalue weighted by Gasteiger charge is -2.13. The Morgan fingerprint density at radius 1 is 1.17 bits per heavy atom. The van der Waals surface area contributed by atoms with Crippen LogP contribution in [0.3, 0.4) is 0 Å². The Kier molecular flexibility index (Phi) is 3.69. The lowest BCUT2D eigenvalue weighted by atomic mass is 10.1. The maximum absolute atomic E-state index is 10.2. The van der Waals surface area contributed by atoms with Gasteiger partial charge < -0.3 is 14.6 Å². The normalized spacial score (nSPS) is 11.9. The van der Waals surface area contributed by atoms with E-state index in [0.717, 1.165) is 0 Å². The van der Waals surface area contributed by atoms with Crippen LogP contribution in [-0.4, -0.2) is 34.3 Å². The third kappa shape index (κ3) is 2.38. The topological polar surface area (TPSA) is 77.4 Å². The Bertz CT molecular complexity index is 519. The third-order valence-electron chi connectivity index (χ3n) is 2.43. The van der Waals surface area contributed by atoms with Gasteiger partial charge in [0.1, 0.15) is 11.8 Å². The number of hydrogen-bond donors (Lipinski definition) is 1. The van der Waals surface area contributed by atoms with Crippen molar-refractivity contribution in [1.82, 2.24) is 15.0 Å². The monoisotopic (exact) mass is 247 g/mol. The molecule has 6 heteroatoms. The summed E-state index contributed by atoms with van der Waals surface area (Å²) in [6, 6.07) is 3.41. The molecule has 1 N–H and O–H groups in total. The predicted molar refractivity (Wildman–Crippen MR) is 63.4 cm³/mol. The molecule has 0 spiro atoms. The quantitative estimate of drug-likeness (QED) is 0.867. The minimum atomic E-state index is -0.915. The second kappa shape index (κ2) is 5.42. The summed E-state index contributed by atoms with van der Waals surface area (Å²) in [5.41, 5.74) is 1.01. The van der Waals surface area contributed by atoms with Gasteiger partial charge in [-0.1, -0.05) is 0 Å². The molecular formula is C12H13N3O3. The van der Waals surface area contributed by atoms with Crippen molar-refractivity contribution in [3.63, 3.8) is 0 Å². The van der Waals surface area contributed by atoms with Gasteiger partial charge in [-0.15, -0.1) is 0 Å². The number of nitrogens with zero attached hydrogens (tertiary/aromatic N) is 3. The van der Waals surface area contributed by atoms with Crippen LogP contribution in [0.5, 0.6) is 11.8 Å². The van der Waals surface area contributed by atoms with Gasteiger partial charge in [-0.2, -0.15) is 4.98 Å². The van der Waals surface area contributed by atoms with Crippen molar-refractivity contribution in [3.05, 3.63) is 42.0 Å². The highest BCUT2D eigenvalue weighted by molar-refractivity contribution is 5.31. The molecular weight excluding hydrogens is 234 g/mol. The number of ether oxygens (including phenoxy) is 2. The van der Waals surface area contributed by atoms with E-state index in [9.17, 15) is 5.11 Å². The fourth-order valence-corrected chi connectivity index (χ4v) is 1.51. The van der Waals surface area contributed by atoms with Gasteiger partial charge in [0.2, 0.25) is 11.8 Å². The Labute approximate surface area is 104 Å². The van der Waals surface area contributed by atoms with Crippen molar-refractivity contribution in [1.29, 1.82) is 0 Å². The van der Waals surface area contributed by atoms with E-state index < -0.39 is 6.10 Å². The fraction of sp³-hybridized carbons (Fsp3) is 0.250. The molecule has 0 saturated carbocycles. The number of aliphatic hydroxyl groups is 1. The summed E-state index contributed by atoms with van der Waals surface area (Å²) in [7, 11) is 2.95. The molecule has 6 nitrogen and oxygen atoms in total. The summed E-state index contributed by atoms with van der Waals surface area (Å²) in [5.74, 6) is 0.566. The molecule has 0 aliphatic heterocycles. The van der Waals surface area contributed by atoms with Crippen molar-refractivity contribution >= 4 is 0 Å².